The number of carbonyl (C=O) groups excluding carboxylic acids is 1. The summed E-state index contributed by atoms with van der Waals surface area (Å²) in [5.41, 5.74) is 1.70. The number of amides is 1. The molecule has 0 radical (unpaired) electrons. The van der Waals surface area contributed by atoms with E-state index in [4.69, 9.17) is 9.47 Å². The maximum atomic E-state index is 13.0. The molecule has 0 N–H and O–H groups in total. The molecular weight excluding hydrogens is 520 g/mol. The van der Waals surface area contributed by atoms with Crippen molar-refractivity contribution >= 4 is 38.9 Å². The lowest BCUT2D eigenvalue weighted by atomic mass is 10.1. The first-order valence-corrected chi connectivity index (χ1v) is 15.5. The zero-order chi connectivity index (χ0) is 27.5. The van der Waals surface area contributed by atoms with Gasteiger partial charge in [-0.05, 0) is 67.9 Å². The van der Waals surface area contributed by atoms with Crippen molar-refractivity contribution in [2.75, 3.05) is 20.3 Å². The summed E-state index contributed by atoms with van der Waals surface area (Å²) >= 11 is 1.05. The van der Waals surface area contributed by atoms with E-state index in [1.54, 1.807) is 32.2 Å². The maximum Gasteiger partial charge on any atom is 0.284 e. The van der Waals surface area contributed by atoms with Gasteiger partial charge in [0.2, 0.25) is 0 Å². The first-order chi connectivity index (χ1) is 18.3. The molecule has 2 aromatic rings. The van der Waals surface area contributed by atoms with Gasteiger partial charge in [-0.1, -0.05) is 69.2 Å². The van der Waals surface area contributed by atoms with Crippen molar-refractivity contribution in [3.8, 4) is 11.5 Å². The van der Waals surface area contributed by atoms with Crippen molar-refractivity contribution in [3.63, 3.8) is 0 Å². The van der Waals surface area contributed by atoms with Crippen LogP contribution in [0.15, 0.2) is 56.7 Å². The Bertz CT molecular complexity index is 1250. The summed E-state index contributed by atoms with van der Waals surface area (Å²) in [5.74, 6) is 0.960. The number of nitrogens with zero attached hydrogens (tertiary/aromatic N) is 2. The van der Waals surface area contributed by atoms with E-state index >= 15 is 0 Å². The van der Waals surface area contributed by atoms with E-state index in [1.807, 2.05) is 25.1 Å². The number of hydrogen-bond donors (Lipinski definition) is 0. The Morgan fingerprint density at radius 2 is 1.63 bits per heavy atom. The molecule has 0 saturated carbocycles. The Balaban J connectivity index is 1.69. The maximum absolute atomic E-state index is 13.0. The Hall–Kier alpha value is -2.78. The van der Waals surface area contributed by atoms with Crippen LogP contribution in [0.4, 0.5) is 0 Å². The third-order valence-corrected chi connectivity index (χ3v) is 8.62. The van der Waals surface area contributed by atoms with E-state index < -0.39 is 10.0 Å². The van der Waals surface area contributed by atoms with Gasteiger partial charge in [0.15, 0.2) is 16.7 Å². The molecule has 1 fully saturated rings. The van der Waals surface area contributed by atoms with Crippen LogP contribution >= 0.6 is 11.8 Å². The average molecular weight is 559 g/mol. The quantitative estimate of drug-likeness (QED) is 0.187. The topological polar surface area (TPSA) is 85.3 Å². The van der Waals surface area contributed by atoms with Crippen molar-refractivity contribution in [3.05, 3.63) is 58.5 Å². The van der Waals surface area contributed by atoms with Crippen LogP contribution in [0.3, 0.4) is 0 Å². The fourth-order valence-electron chi connectivity index (χ4n) is 4.01. The number of aryl methyl sites for hydroxylation is 1. The standard InChI is InChI=1S/C29H38N2O5S2/c1-5-7-8-9-10-11-12-19-36-25-18-15-23(20-26(25)35-4)21-27-28(32)31(6-2)29(37-27)30-38(33,34)24-16-13-22(3)14-17-24/h13-18,20-21H,5-12,19H2,1-4H3/b27-21-,30-29?. The number of hydrogen-bond acceptors (Lipinski definition) is 6. The number of unbranched alkanes of at least 4 members (excludes halogenated alkanes) is 6. The van der Waals surface area contributed by atoms with Crippen LogP contribution in [0.2, 0.25) is 0 Å². The molecule has 1 saturated heterocycles. The van der Waals surface area contributed by atoms with Gasteiger partial charge >= 0.3 is 0 Å². The van der Waals surface area contributed by atoms with Gasteiger partial charge in [-0.2, -0.15) is 8.42 Å². The first-order valence-electron chi connectivity index (χ1n) is 13.2. The van der Waals surface area contributed by atoms with Crippen LogP contribution < -0.4 is 9.47 Å². The number of amidine groups is 1. The highest BCUT2D eigenvalue weighted by molar-refractivity contribution is 8.19. The van der Waals surface area contributed by atoms with Crippen LogP contribution in [0.1, 0.15) is 69.9 Å². The molecule has 7 nitrogen and oxygen atoms in total. The summed E-state index contributed by atoms with van der Waals surface area (Å²) in [6, 6.07) is 12.0. The molecule has 1 aliphatic heterocycles. The van der Waals surface area contributed by atoms with Crippen LogP contribution in [0.5, 0.6) is 11.5 Å². The second-order valence-electron chi connectivity index (χ2n) is 9.20. The van der Waals surface area contributed by atoms with Gasteiger partial charge in [0.05, 0.1) is 23.5 Å². The second kappa shape index (κ2) is 14.4. The molecule has 1 heterocycles. The van der Waals surface area contributed by atoms with Gasteiger partial charge in [0, 0.05) is 6.54 Å². The molecule has 38 heavy (non-hydrogen) atoms. The van der Waals surface area contributed by atoms with Gasteiger partial charge in [0.1, 0.15) is 0 Å². The van der Waals surface area contributed by atoms with E-state index in [1.165, 1.54) is 49.1 Å². The third kappa shape index (κ3) is 8.11. The summed E-state index contributed by atoms with van der Waals surface area (Å²) in [7, 11) is -2.36. The van der Waals surface area contributed by atoms with Crippen LogP contribution in [-0.4, -0.2) is 44.7 Å². The number of sulfonamides is 1. The van der Waals surface area contributed by atoms with E-state index in [0.29, 0.717) is 29.6 Å². The predicted molar refractivity (Wildman–Crippen MR) is 155 cm³/mol. The van der Waals surface area contributed by atoms with E-state index in [-0.39, 0.29) is 16.0 Å². The minimum Gasteiger partial charge on any atom is -0.493 e. The van der Waals surface area contributed by atoms with Crippen molar-refractivity contribution < 1.29 is 22.7 Å². The van der Waals surface area contributed by atoms with Crippen LogP contribution in [0, 0.1) is 6.92 Å². The molecular formula is C29H38N2O5S2. The lowest BCUT2D eigenvalue weighted by Crippen LogP contribution is -2.29. The molecule has 9 heteroatoms. The number of likely N-dealkylation sites (N-methyl/N-ethyl adjacent to an activating group) is 1. The molecule has 0 atom stereocenters. The fourth-order valence-corrected chi connectivity index (χ4v) is 6.25. The smallest absolute Gasteiger partial charge is 0.284 e. The van der Waals surface area contributed by atoms with Crippen molar-refractivity contribution in [1.29, 1.82) is 0 Å². The predicted octanol–water partition coefficient (Wildman–Crippen LogP) is 6.81. The zero-order valence-corrected chi connectivity index (χ0v) is 24.4. The molecule has 2 aromatic carbocycles. The summed E-state index contributed by atoms with van der Waals surface area (Å²) in [6.45, 7) is 6.82. The summed E-state index contributed by atoms with van der Waals surface area (Å²) < 4.78 is 41.2. The average Bonchev–Trinajstić information content (AvgIpc) is 3.18. The fraction of sp³-hybridized carbons (Fsp3) is 0.448. The molecule has 0 unspecified atom stereocenters. The van der Waals surface area contributed by atoms with Gasteiger partial charge in [0.25, 0.3) is 15.9 Å². The Kier molecular flexibility index (Phi) is 11.3. The molecule has 1 aliphatic rings. The normalized spacial score (nSPS) is 16.0. The van der Waals surface area contributed by atoms with Crippen molar-refractivity contribution in [2.45, 2.75) is 70.6 Å². The Labute approximate surface area is 231 Å². The molecule has 0 spiro atoms. The van der Waals surface area contributed by atoms with Gasteiger partial charge < -0.3 is 9.47 Å². The molecule has 206 valence electrons. The number of benzene rings is 2. The number of methoxy groups -OCH3 is 1. The highest BCUT2D eigenvalue weighted by Gasteiger charge is 2.34. The largest absolute Gasteiger partial charge is 0.493 e. The number of thioether (sulfide) groups is 1. The minimum atomic E-state index is -3.95. The van der Waals surface area contributed by atoms with Gasteiger partial charge in [-0.25, -0.2) is 0 Å². The zero-order valence-electron chi connectivity index (χ0n) is 22.7. The summed E-state index contributed by atoms with van der Waals surface area (Å²) in [4.78, 5) is 14.9. The minimum absolute atomic E-state index is 0.0916. The van der Waals surface area contributed by atoms with E-state index in [2.05, 4.69) is 11.3 Å². The monoisotopic (exact) mass is 558 g/mol. The number of rotatable bonds is 14. The van der Waals surface area contributed by atoms with E-state index in [0.717, 1.165) is 35.7 Å². The van der Waals surface area contributed by atoms with Gasteiger partial charge in [-0.3, -0.25) is 9.69 Å². The van der Waals surface area contributed by atoms with Crippen molar-refractivity contribution in [2.24, 2.45) is 4.40 Å². The molecule has 0 aliphatic carbocycles. The lowest BCUT2D eigenvalue weighted by molar-refractivity contribution is -0.122. The van der Waals surface area contributed by atoms with Crippen LogP contribution in [-0.2, 0) is 14.8 Å². The Morgan fingerprint density at radius 3 is 2.29 bits per heavy atom. The Morgan fingerprint density at radius 1 is 0.947 bits per heavy atom. The third-order valence-electron chi connectivity index (χ3n) is 6.21. The highest BCUT2D eigenvalue weighted by Crippen LogP contribution is 2.35. The molecule has 1 amide bonds. The lowest BCUT2D eigenvalue weighted by Gasteiger charge is -2.12. The van der Waals surface area contributed by atoms with Crippen LogP contribution in [0.25, 0.3) is 6.08 Å². The van der Waals surface area contributed by atoms with Gasteiger partial charge in [-0.15, -0.1) is 4.40 Å². The molecule has 0 aromatic heterocycles. The highest BCUT2D eigenvalue weighted by atomic mass is 32.2. The first kappa shape index (κ1) is 29.8. The summed E-state index contributed by atoms with van der Waals surface area (Å²) in [5, 5.41) is 0.144. The van der Waals surface area contributed by atoms with Crippen molar-refractivity contribution in [1.82, 2.24) is 4.90 Å². The summed E-state index contributed by atoms with van der Waals surface area (Å²) in [6.07, 6.45) is 10.2. The number of carbonyl (C=O) groups is 1. The SMILES string of the molecule is CCCCCCCCCOc1ccc(/C=C2\SC(=NS(=O)(=O)c3ccc(C)cc3)N(CC)C2=O)cc1OC. The number of ether oxygens (including phenoxy) is 2. The molecule has 3 rings (SSSR count). The second-order valence-corrected chi connectivity index (χ2v) is 11.8. The van der Waals surface area contributed by atoms with E-state index in [9.17, 15) is 13.2 Å². The molecule has 0 bridgehead atoms.